The predicted octanol–water partition coefficient (Wildman–Crippen LogP) is 3.99. The van der Waals surface area contributed by atoms with Crippen LogP contribution in [-0.2, 0) is 27.3 Å². The van der Waals surface area contributed by atoms with Gasteiger partial charge in [0.2, 0.25) is 0 Å². The topological polar surface area (TPSA) is 131 Å². The fraction of sp³-hybridized carbons (Fsp3) is 0.226. The van der Waals surface area contributed by atoms with Crippen molar-refractivity contribution in [2.75, 3.05) is 0 Å². The van der Waals surface area contributed by atoms with Crippen molar-refractivity contribution in [3.63, 3.8) is 0 Å². The molecule has 0 saturated heterocycles. The van der Waals surface area contributed by atoms with Crippen molar-refractivity contribution in [2.45, 2.75) is 44.6 Å². The summed E-state index contributed by atoms with van der Waals surface area (Å²) >= 11 is 0. The van der Waals surface area contributed by atoms with Gasteiger partial charge in [-0.25, -0.2) is 9.67 Å². The van der Waals surface area contributed by atoms with Crippen LogP contribution >= 0.6 is 0 Å². The van der Waals surface area contributed by atoms with Gasteiger partial charge in [-0.15, -0.1) is 0 Å². The molecule has 0 bridgehead atoms. The molecule has 2 aliphatic rings. The SMILES string of the molecule is CC(C)c1ccc2c(c1)-c1nn(-c3ncccc3C(=O)NC(Cc3ccccc3)C3(C(N)=O)OC=CO3)cc1CO2. The summed E-state index contributed by atoms with van der Waals surface area (Å²) in [6.07, 6.45) is 6.11. The van der Waals surface area contributed by atoms with Crippen molar-refractivity contribution in [1.29, 1.82) is 0 Å². The zero-order valence-corrected chi connectivity index (χ0v) is 22.6. The molecule has 4 aromatic rings. The molecule has 4 heterocycles. The van der Waals surface area contributed by atoms with Crippen molar-refractivity contribution in [3.05, 3.63) is 108 Å². The first kappa shape index (κ1) is 26.1. The van der Waals surface area contributed by atoms with Crippen molar-refractivity contribution >= 4 is 11.8 Å². The number of benzene rings is 2. The maximum atomic E-state index is 13.8. The number of hydrogen-bond acceptors (Lipinski definition) is 7. The number of carbonyl (C=O) groups is 2. The Hall–Kier alpha value is -5.12. The van der Waals surface area contributed by atoms with Gasteiger partial charge in [0.25, 0.3) is 5.91 Å². The van der Waals surface area contributed by atoms with Crippen LogP contribution in [-0.4, -0.2) is 38.4 Å². The van der Waals surface area contributed by atoms with E-state index in [1.54, 1.807) is 23.0 Å². The molecule has 3 N–H and O–H groups in total. The molecule has 0 radical (unpaired) electrons. The highest BCUT2D eigenvalue weighted by atomic mass is 16.7. The minimum absolute atomic E-state index is 0.217. The van der Waals surface area contributed by atoms with Gasteiger partial charge in [-0.3, -0.25) is 9.59 Å². The number of rotatable bonds is 8. The van der Waals surface area contributed by atoms with Crippen molar-refractivity contribution in [1.82, 2.24) is 20.1 Å². The molecule has 10 nitrogen and oxygen atoms in total. The van der Waals surface area contributed by atoms with Crippen LogP contribution in [0.15, 0.2) is 85.6 Å². The molecule has 6 rings (SSSR count). The number of nitrogens with zero attached hydrogens (tertiary/aromatic N) is 3. The molecule has 0 spiro atoms. The van der Waals surface area contributed by atoms with E-state index in [0.29, 0.717) is 18.3 Å². The highest BCUT2D eigenvalue weighted by molar-refractivity contribution is 5.98. The first-order chi connectivity index (χ1) is 19.9. The highest BCUT2D eigenvalue weighted by Crippen LogP contribution is 2.39. The minimum Gasteiger partial charge on any atom is -0.488 e. The monoisotopic (exact) mass is 551 g/mol. The lowest BCUT2D eigenvalue weighted by atomic mass is 9.97. The Labute approximate surface area is 236 Å². The molecule has 0 aliphatic carbocycles. The number of ether oxygens (including phenoxy) is 3. The van der Waals surface area contributed by atoms with Gasteiger partial charge in [-0.2, -0.15) is 5.10 Å². The maximum absolute atomic E-state index is 13.8. The van der Waals surface area contributed by atoms with E-state index in [0.717, 1.165) is 28.1 Å². The second kappa shape index (κ2) is 10.5. The molecule has 41 heavy (non-hydrogen) atoms. The predicted molar refractivity (Wildman–Crippen MR) is 150 cm³/mol. The molecule has 2 amide bonds. The van der Waals surface area contributed by atoms with Gasteiger partial charge in [-0.05, 0) is 41.3 Å². The maximum Gasteiger partial charge on any atom is 0.352 e. The smallest absolute Gasteiger partial charge is 0.352 e. The average Bonchev–Trinajstić information content (AvgIpc) is 3.66. The second-order valence-electron chi connectivity index (χ2n) is 10.3. The number of nitrogens with two attached hydrogens (primary N) is 1. The molecule has 0 fully saturated rings. The molecule has 2 aromatic heterocycles. The number of aromatic nitrogens is 3. The van der Waals surface area contributed by atoms with Gasteiger partial charge in [-0.1, -0.05) is 50.2 Å². The van der Waals surface area contributed by atoms with Crippen LogP contribution in [0.1, 0.15) is 46.8 Å². The molecule has 0 saturated carbocycles. The summed E-state index contributed by atoms with van der Waals surface area (Å²) in [7, 11) is 0. The quantitative estimate of drug-likeness (QED) is 0.339. The van der Waals surface area contributed by atoms with Crippen LogP contribution in [0.4, 0.5) is 0 Å². The summed E-state index contributed by atoms with van der Waals surface area (Å²) in [5, 5.41) is 7.75. The zero-order valence-electron chi connectivity index (χ0n) is 22.6. The van der Waals surface area contributed by atoms with Gasteiger partial charge in [0.1, 0.15) is 36.6 Å². The normalized spacial score (nSPS) is 15.2. The summed E-state index contributed by atoms with van der Waals surface area (Å²) in [6, 6.07) is 17.8. The third-order valence-electron chi connectivity index (χ3n) is 7.28. The van der Waals surface area contributed by atoms with Gasteiger partial charge in [0.15, 0.2) is 5.82 Å². The molecular formula is C31H29N5O5. The number of carbonyl (C=O) groups excluding carboxylic acids is 2. The van der Waals surface area contributed by atoms with E-state index in [-0.39, 0.29) is 12.0 Å². The second-order valence-corrected chi connectivity index (χ2v) is 10.3. The van der Waals surface area contributed by atoms with Gasteiger partial charge in [0, 0.05) is 29.9 Å². The summed E-state index contributed by atoms with van der Waals surface area (Å²) in [5.74, 6) is -1.85. The Morgan fingerprint density at radius 2 is 1.85 bits per heavy atom. The van der Waals surface area contributed by atoms with Crippen LogP contribution in [0, 0.1) is 0 Å². The van der Waals surface area contributed by atoms with Crippen LogP contribution < -0.4 is 15.8 Å². The highest BCUT2D eigenvalue weighted by Gasteiger charge is 2.51. The van der Waals surface area contributed by atoms with Crippen molar-refractivity contribution in [3.8, 4) is 22.8 Å². The largest absolute Gasteiger partial charge is 0.488 e. The standard InChI is InChI=1S/C31H29N5O5/c1-19(2)21-10-11-25-24(16-21)27-22(18-39-25)17-36(35-27)28-23(9-6-12-33-28)29(37)34-26(15-20-7-4-3-5-8-20)31(30(32)38)40-13-14-41-31/h3-14,16-17,19,26H,15,18H2,1-2H3,(H2,32,38)(H,34,37). The number of fused-ring (bicyclic) bond motifs is 3. The summed E-state index contributed by atoms with van der Waals surface area (Å²) in [4.78, 5) is 30.9. The van der Waals surface area contributed by atoms with E-state index in [1.807, 2.05) is 42.6 Å². The Morgan fingerprint density at radius 3 is 2.59 bits per heavy atom. The van der Waals surface area contributed by atoms with E-state index in [1.165, 1.54) is 18.1 Å². The Balaban J connectivity index is 1.35. The van der Waals surface area contributed by atoms with Gasteiger partial charge >= 0.3 is 11.7 Å². The van der Waals surface area contributed by atoms with E-state index >= 15 is 0 Å². The number of primary amides is 1. The summed E-state index contributed by atoms with van der Waals surface area (Å²) < 4.78 is 18.7. The first-order valence-electron chi connectivity index (χ1n) is 13.3. The van der Waals surface area contributed by atoms with E-state index in [9.17, 15) is 9.59 Å². The minimum atomic E-state index is -1.91. The number of pyridine rings is 1. The number of amides is 2. The molecule has 10 heteroatoms. The lowest BCUT2D eigenvalue weighted by molar-refractivity contribution is -0.182. The molecule has 208 valence electrons. The lowest BCUT2D eigenvalue weighted by Crippen LogP contribution is -2.61. The molecule has 1 atom stereocenters. The zero-order chi connectivity index (χ0) is 28.6. The van der Waals surface area contributed by atoms with E-state index in [2.05, 4.69) is 36.3 Å². The Kier molecular flexibility index (Phi) is 6.66. The van der Waals surface area contributed by atoms with Crippen molar-refractivity contribution in [2.24, 2.45) is 5.73 Å². The van der Waals surface area contributed by atoms with Gasteiger partial charge < -0.3 is 25.3 Å². The summed E-state index contributed by atoms with van der Waals surface area (Å²) in [5.41, 5.74) is 10.5. The van der Waals surface area contributed by atoms with Crippen LogP contribution in [0.3, 0.4) is 0 Å². The molecule has 2 aromatic carbocycles. The third kappa shape index (κ3) is 4.77. The van der Waals surface area contributed by atoms with Crippen molar-refractivity contribution < 1.29 is 23.8 Å². The van der Waals surface area contributed by atoms with Crippen LogP contribution in [0.25, 0.3) is 17.1 Å². The molecule has 1 unspecified atom stereocenters. The van der Waals surface area contributed by atoms with Crippen LogP contribution in [0.2, 0.25) is 0 Å². The van der Waals surface area contributed by atoms with E-state index < -0.39 is 23.6 Å². The van der Waals surface area contributed by atoms with E-state index in [4.69, 9.17) is 25.0 Å². The Bertz CT molecular complexity index is 1640. The summed E-state index contributed by atoms with van der Waals surface area (Å²) in [6.45, 7) is 4.61. The number of nitrogens with one attached hydrogen (secondary N) is 1. The fourth-order valence-electron chi connectivity index (χ4n) is 5.08. The number of hydrogen-bond donors (Lipinski definition) is 2. The molecular weight excluding hydrogens is 522 g/mol. The lowest BCUT2D eigenvalue weighted by Gasteiger charge is -2.33. The fourth-order valence-corrected chi connectivity index (χ4v) is 5.08. The third-order valence-corrected chi connectivity index (χ3v) is 7.28. The average molecular weight is 552 g/mol. The van der Waals surface area contributed by atoms with Gasteiger partial charge in [0.05, 0.1) is 5.56 Å². The van der Waals surface area contributed by atoms with Crippen LogP contribution in [0.5, 0.6) is 5.75 Å². The first-order valence-corrected chi connectivity index (χ1v) is 13.3. The molecule has 2 aliphatic heterocycles. The Morgan fingerprint density at radius 1 is 1.07 bits per heavy atom.